The van der Waals surface area contributed by atoms with Gasteiger partial charge in [0.1, 0.15) is 16.9 Å². The Bertz CT molecular complexity index is 858. The lowest BCUT2D eigenvalue weighted by atomic mass is 9.60. The van der Waals surface area contributed by atoms with E-state index < -0.39 is 20.9 Å². The molecule has 28 heavy (non-hydrogen) atoms. The van der Waals surface area contributed by atoms with E-state index in [-0.39, 0.29) is 28.9 Å². The maximum Gasteiger partial charge on any atom is 0.238 e. The van der Waals surface area contributed by atoms with Crippen LogP contribution in [0, 0.1) is 17.0 Å². The number of benzene rings is 1. The van der Waals surface area contributed by atoms with Crippen LogP contribution in [-0.2, 0) is 21.2 Å². The van der Waals surface area contributed by atoms with Crippen LogP contribution in [0.15, 0.2) is 18.2 Å². The predicted molar refractivity (Wildman–Crippen MR) is 101 cm³/mol. The molecule has 2 saturated heterocycles. The molecule has 1 aromatic rings. The highest BCUT2D eigenvalue weighted by Crippen LogP contribution is 2.49. The van der Waals surface area contributed by atoms with Gasteiger partial charge in [-0.15, -0.1) is 0 Å². The Morgan fingerprint density at radius 2 is 1.93 bits per heavy atom. The monoisotopic (exact) mass is 412 g/mol. The first kappa shape index (κ1) is 19.8. The minimum atomic E-state index is -3.27. The molecule has 0 aromatic heterocycles. The van der Waals surface area contributed by atoms with Crippen molar-refractivity contribution in [3.8, 4) is 0 Å². The number of halogens is 2. The van der Waals surface area contributed by atoms with E-state index in [0.717, 1.165) is 44.8 Å². The van der Waals surface area contributed by atoms with Gasteiger partial charge in [-0.05, 0) is 75.2 Å². The normalized spacial score (nSPS) is 26.9. The molecular weight excluding hydrogens is 386 g/mol. The molecule has 2 aliphatic heterocycles. The third-order valence-electron chi connectivity index (χ3n) is 6.64. The first-order chi connectivity index (χ1) is 13.3. The van der Waals surface area contributed by atoms with Crippen LogP contribution < -0.4 is 5.32 Å². The molecule has 1 saturated carbocycles. The van der Waals surface area contributed by atoms with E-state index in [9.17, 15) is 22.0 Å². The lowest BCUT2D eigenvalue weighted by molar-refractivity contribution is -0.123. The molecule has 3 aliphatic rings. The van der Waals surface area contributed by atoms with Crippen molar-refractivity contribution in [3.63, 3.8) is 0 Å². The van der Waals surface area contributed by atoms with Crippen LogP contribution in [0.4, 0.5) is 8.78 Å². The van der Waals surface area contributed by atoms with Crippen LogP contribution in [0.2, 0.25) is 0 Å². The van der Waals surface area contributed by atoms with Crippen LogP contribution in [0.1, 0.15) is 44.1 Å². The summed E-state index contributed by atoms with van der Waals surface area (Å²) in [5.41, 5.74) is 0.566. The van der Waals surface area contributed by atoms with E-state index in [1.54, 1.807) is 0 Å². The summed E-state index contributed by atoms with van der Waals surface area (Å²) in [6.45, 7) is 2.03. The third-order valence-corrected chi connectivity index (χ3v) is 8.82. The summed E-state index contributed by atoms with van der Waals surface area (Å²) in [5.74, 6) is -1.03. The molecule has 1 N–H and O–H groups in total. The Hall–Kier alpha value is -1.54. The molecule has 1 aliphatic carbocycles. The average molecular weight is 413 g/mol. The summed E-state index contributed by atoms with van der Waals surface area (Å²) < 4.78 is 51.0. The Morgan fingerprint density at radius 3 is 2.57 bits per heavy atom. The minimum absolute atomic E-state index is 0.0514. The molecule has 0 radical (unpaired) electrons. The SMILES string of the molecule is O=C(NC1CC2(CCN(Cc3cc(F)ccc3F)CC2)C1)C1CCCS1(=O)=O. The summed E-state index contributed by atoms with van der Waals surface area (Å²) in [4.78, 5) is 14.4. The Labute approximate surface area is 164 Å². The molecule has 1 amide bonds. The summed E-state index contributed by atoms with van der Waals surface area (Å²) in [6, 6.07) is 3.60. The van der Waals surface area contributed by atoms with Gasteiger partial charge >= 0.3 is 0 Å². The number of sulfone groups is 1. The molecule has 1 aromatic carbocycles. The van der Waals surface area contributed by atoms with Gasteiger partial charge in [0.05, 0.1) is 5.75 Å². The van der Waals surface area contributed by atoms with Crippen LogP contribution in [0.25, 0.3) is 0 Å². The van der Waals surface area contributed by atoms with Crippen LogP contribution in [0.5, 0.6) is 0 Å². The van der Waals surface area contributed by atoms with Gasteiger partial charge in [-0.3, -0.25) is 9.69 Å². The molecule has 154 valence electrons. The highest BCUT2D eigenvalue weighted by atomic mass is 32.2. The maximum atomic E-state index is 13.8. The lowest BCUT2D eigenvalue weighted by Gasteiger charge is -2.52. The molecule has 1 unspecified atom stereocenters. The van der Waals surface area contributed by atoms with E-state index in [2.05, 4.69) is 10.2 Å². The quantitative estimate of drug-likeness (QED) is 0.825. The van der Waals surface area contributed by atoms with Gasteiger partial charge in [0.2, 0.25) is 5.91 Å². The fourth-order valence-corrected chi connectivity index (χ4v) is 6.74. The zero-order valence-electron chi connectivity index (χ0n) is 15.8. The second kappa shape index (κ2) is 7.37. The van der Waals surface area contributed by atoms with Crippen LogP contribution in [0.3, 0.4) is 0 Å². The smallest absolute Gasteiger partial charge is 0.238 e. The number of rotatable bonds is 4. The van der Waals surface area contributed by atoms with Gasteiger partial charge in [-0.1, -0.05) is 0 Å². The molecule has 2 heterocycles. The zero-order chi connectivity index (χ0) is 19.9. The summed E-state index contributed by atoms with van der Waals surface area (Å²) in [5, 5.41) is 2.06. The van der Waals surface area contributed by atoms with Crippen molar-refractivity contribution in [2.24, 2.45) is 5.41 Å². The average Bonchev–Trinajstić information content (AvgIpc) is 2.97. The van der Waals surface area contributed by atoms with E-state index in [4.69, 9.17) is 0 Å². The summed E-state index contributed by atoms with van der Waals surface area (Å²) >= 11 is 0. The Balaban J connectivity index is 1.25. The number of piperidine rings is 1. The summed E-state index contributed by atoms with van der Waals surface area (Å²) in [7, 11) is -3.27. The van der Waals surface area contributed by atoms with Gasteiger partial charge < -0.3 is 5.32 Å². The zero-order valence-corrected chi connectivity index (χ0v) is 16.6. The van der Waals surface area contributed by atoms with Crippen LogP contribution >= 0.6 is 0 Å². The molecular formula is C20H26F2N2O3S. The molecule has 5 nitrogen and oxygen atoms in total. The van der Waals surface area contributed by atoms with Gasteiger partial charge in [0.15, 0.2) is 9.84 Å². The van der Waals surface area contributed by atoms with Gasteiger partial charge in [0, 0.05) is 18.2 Å². The Kier molecular flexibility index (Phi) is 5.20. The predicted octanol–water partition coefficient (Wildman–Crippen LogP) is 2.40. The highest BCUT2D eigenvalue weighted by molar-refractivity contribution is 7.93. The van der Waals surface area contributed by atoms with Crippen LogP contribution in [-0.4, -0.2) is 49.4 Å². The number of hydrogen-bond acceptors (Lipinski definition) is 4. The maximum absolute atomic E-state index is 13.8. The van der Waals surface area contributed by atoms with Crippen molar-refractivity contribution in [2.45, 2.75) is 56.4 Å². The first-order valence-corrected chi connectivity index (χ1v) is 11.7. The van der Waals surface area contributed by atoms with Gasteiger partial charge in [-0.2, -0.15) is 0 Å². The van der Waals surface area contributed by atoms with Crippen molar-refractivity contribution in [1.29, 1.82) is 0 Å². The fourth-order valence-electron chi connectivity index (χ4n) is 4.97. The second-order valence-corrected chi connectivity index (χ2v) is 10.9. The standard InChI is InChI=1S/C20H26F2N2O3S/c21-15-3-4-17(22)14(10-15)13-24-7-5-20(6-8-24)11-16(12-20)23-19(25)18-2-1-9-28(18,26)27/h3-4,10,16,18H,1-2,5-9,11-13H2,(H,23,25). The van der Waals surface area contributed by atoms with Crippen molar-refractivity contribution in [3.05, 3.63) is 35.4 Å². The topological polar surface area (TPSA) is 66.5 Å². The van der Waals surface area contributed by atoms with E-state index in [1.807, 2.05) is 0 Å². The molecule has 8 heteroatoms. The van der Waals surface area contributed by atoms with Gasteiger partial charge in [-0.25, -0.2) is 17.2 Å². The Morgan fingerprint density at radius 1 is 1.21 bits per heavy atom. The van der Waals surface area contributed by atoms with Gasteiger partial charge in [0.25, 0.3) is 0 Å². The fraction of sp³-hybridized carbons (Fsp3) is 0.650. The van der Waals surface area contributed by atoms with E-state index in [0.29, 0.717) is 24.9 Å². The molecule has 1 atom stereocenters. The number of nitrogens with one attached hydrogen (secondary N) is 1. The number of carbonyl (C=O) groups excluding carboxylic acids is 1. The number of amides is 1. The molecule has 1 spiro atoms. The highest BCUT2D eigenvalue weighted by Gasteiger charge is 2.47. The molecule has 0 bridgehead atoms. The number of hydrogen-bond donors (Lipinski definition) is 1. The third kappa shape index (κ3) is 3.94. The number of likely N-dealkylation sites (tertiary alicyclic amines) is 1. The van der Waals surface area contributed by atoms with Crippen molar-refractivity contribution < 1.29 is 22.0 Å². The summed E-state index contributed by atoms with van der Waals surface area (Å²) in [6.07, 6.45) is 4.64. The number of nitrogens with zero attached hydrogens (tertiary/aromatic N) is 1. The van der Waals surface area contributed by atoms with E-state index in [1.165, 1.54) is 12.1 Å². The van der Waals surface area contributed by atoms with E-state index >= 15 is 0 Å². The first-order valence-electron chi connectivity index (χ1n) is 9.95. The molecule has 3 fully saturated rings. The van der Waals surface area contributed by atoms with Crippen molar-refractivity contribution >= 4 is 15.7 Å². The largest absolute Gasteiger partial charge is 0.352 e. The lowest BCUT2D eigenvalue weighted by Crippen LogP contribution is -2.56. The molecule has 4 rings (SSSR count). The second-order valence-electron chi connectivity index (χ2n) is 8.62. The van der Waals surface area contributed by atoms with Crippen molar-refractivity contribution in [2.75, 3.05) is 18.8 Å². The van der Waals surface area contributed by atoms with Crippen molar-refractivity contribution in [1.82, 2.24) is 10.2 Å². The number of carbonyl (C=O) groups is 1. The minimum Gasteiger partial charge on any atom is -0.352 e.